The second kappa shape index (κ2) is 5.50. The van der Waals surface area contributed by atoms with Gasteiger partial charge in [0.25, 0.3) is 0 Å². The first-order valence-corrected chi connectivity index (χ1v) is 7.88. The first kappa shape index (κ1) is 15.5. The third-order valence-corrected chi connectivity index (χ3v) is 5.02. The van der Waals surface area contributed by atoms with Gasteiger partial charge in [-0.2, -0.15) is 5.26 Å². The molecule has 1 saturated carbocycles. The van der Waals surface area contributed by atoms with Gasteiger partial charge in [0.05, 0.1) is 6.07 Å². The van der Waals surface area contributed by atoms with Crippen LogP contribution in [0.1, 0.15) is 38.7 Å². The SMILES string of the molecule is CC1(C)CCCC(C#N)(Cc2ccc(Br)cc2Cl)C1=O. The first-order chi connectivity index (χ1) is 9.31. The summed E-state index contributed by atoms with van der Waals surface area (Å²) in [6, 6.07) is 7.88. The van der Waals surface area contributed by atoms with Crippen molar-refractivity contribution in [1.82, 2.24) is 0 Å². The molecule has 2 nitrogen and oxygen atoms in total. The molecule has 0 spiro atoms. The van der Waals surface area contributed by atoms with E-state index >= 15 is 0 Å². The second-order valence-electron chi connectivity index (χ2n) is 6.17. The molecule has 1 aromatic carbocycles. The molecule has 20 heavy (non-hydrogen) atoms. The Hall–Kier alpha value is -0.850. The van der Waals surface area contributed by atoms with Gasteiger partial charge in [-0.05, 0) is 37.0 Å². The van der Waals surface area contributed by atoms with Gasteiger partial charge in [-0.3, -0.25) is 4.79 Å². The maximum Gasteiger partial charge on any atom is 0.158 e. The van der Waals surface area contributed by atoms with Crippen molar-refractivity contribution >= 4 is 33.3 Å². The molecule has 1 atom stereocenters. The van der Waals surface area contributed by atoms with Gasteiger partial charge in [0.2, 0.25) is 0 Å². The molecule has 0 saturated heterocycles. The van der Waals surface area contributed by atoms with Crippen molar-refractivity contribution in [2.75, 3.05) is 0 Å². The monoisotopic (exact) mass is 353 g/mol. The molecule has 4 heteroatoms. The second-order valence-corrected chi connectivity index (χ2v) is 7.50. The van der Waals surface area contributed by atoms with Crippen LogP contribution in [0.4, 0.5) is 0 Å². The van der Waals surface area contributed by atoms with Crippen molar-refractivity contribution in [3.05, 3.63) is 33.3 Å². The summed E-state index contributed by atoms with van der Waals surface area (Å²) in [6.45, 7) is 3.87. The lowest BCUT2D eigenvalue weighted by Crippen LogP contribution is -2.45. The average molecular weight is 355 g/mol. The molecule has 1 fully saturated rings. The van der Waals surface area contributed by atoms with E-state index in [0.29, 0.717) is 17.9 Å². The zero-order chi connectivity index (χ0) is 15.0. The number of carbonyl (C=O) groups excluding carboxylic acids is 1. The highest BCUT2D eigenvalue weighted by molar-refractivity contribution is 9.10. The summed E-state index contributed by atoms with van der Waals surface area (Å²) >= 11 is 9.60. The minimum atomic E-state index is -0.931. The molecule has 0 aliphatic heterocycles. The van der Waals surface area contributed by atoms with Gasteiger partial charge in [0.15, 0.2) is 5.78 Å². The number of nitrogens with zero attached hydrogens (tertiary/aromatic N) is 1. The highest BCUT2D eigenvalue weighted by atomic mass is 79.9. The zero-order valence-corrected chi connectivity index (χ0v) is 14.0. The lowest BCUT2D eigenvalue weighted by molar-refractivity contribution is -0.138. The minimum absolute atomic E-state index is 0.0535. The normalized spacial score (nSPS) is 25.2. The molecular weight excluding hydrogens is 338 g/mol. The van der Waals surface area contributed by atoms with Crippen LogP contribution in [-0.4, -0.2) is 5.78 Å². The van der Waals surface area contributed by atoms with Crippen LogP contribution in [-0.2, 0) is 11.2 Å². The predicted molar refractivity (Wildman–Crippen MR) is 83.5 cm³/mol. The van der Waals surface area contributed by atoms with Crippen LogP contribution in [0.3, 0.4) is 0 Å². The van der Waals surface area contributed by atoms with Crippen molar-refractivity contribution in [1.29, 1.82) is 5.26 Å². The molecule has 2 rings (SSSR count). The topological polar surface area (TPSA) is 40.9 Å². The third kappa shape index (κ3) is 2.77. The summed E-state index contributed by atoms with van der Waals surface area (Å²) < 4.78 is 0.896. The van der Waals surface area contributed by atoms with Crippen LogP contribution in [0.15, 0.2) is 22.7 Å². The van der Waals surface area contributed by atoms with E-state index in [1.807, 2.05) is 26.0 Å². The van der Waals surface area contributed by atoms with E-state index in [4.69, 9.17) is 11.6 Å². The Morgan fingerprint density at radius 1 is 1.40 bits per heavy atom. The Bertz CT molecular complexity index is 591. The average Bonchev–Trinajstić information content (AvgIpc) is 2.38. The van der Waals surface area contributed by atoms with Crippen LogP contribution < -0.4 is 0 Å². The van der Waals surface area contributed by atoms with Gasteiger partial charge in [-0.15, -0.1) is 0 Å². The van der Waals surface area contributed by atoms with Gasteiger partial charge < -0.3 is 0 Å². The van der Waals surface area contributed by atoms with Gasteiger partial charge in [-0.25, -0.2) is 0 Å². The standard InChI is InChI=1S/C16H17BrClNO/c1-15(2)6-3-7-16(10-19,14(15)20)9-11-4-5-12(17)8-13(11)18/h4-5,8H,3,6-7,9H2,1-2H3. The number of hydrogen-bond donors (Lipinski definition) is 0. The number of carbonyl (C=O) groups is 1. The Morgan fingerprint density at radius 2 is 2.10 bits per heavy atom. The van der Waals surface area contributed by atoms with E-state index in [9.17, 15) is 10.1 Å². The summed E-state index contributed by atoms with van der Waals surface area (Å²) in [5.41, 5.74) is -0.489. The highest BCUT2D eigenvalue weighted by Gasteiger charge is 2.49. The van der Waals surface area contributed by atoms with Gasteiger partial charge >= 0.3 is 0 Å². The summed E-state index contributed by atoms with van der Waals surface area (Å²) in [6.07, 6.45) is 2.78. The Morgan fingerprint density at radius 3 is 2.70 bits per heavy atom. The van der Waals surface area contributed by atoms with E-state index in [0.717, 1.165) is 22.9 Å². The number of rotatable bonds is 2. The summed E-state index contributed by atoms with van der Waals surface area (Å²) in [4.78, 5) is 12.7. The summed E-state index contributed by atoms with van der Waals surface area (Å²) in [5, 5.41) is 10.2. The van der Waals surface area contributed by atoms with E-state index in [-0.39, 0.29) is 5.78 Å². The number of ketones is 1. The highest BCUT2D eigenvalue weighted by Crippen LogP contribution is 2.45. The van der Waals surface area contributed by atoms with Gasteiger partial charge in [0, 0.05) is 14.9 Å². The van der Waals surface area contributed by atoms with Gasteiger partial charge in [0.1, 0.15) is 5.41 Å². The van der Waals surface area contributed by atoms with Gasteiger partial charge in [-0.1, -0.05) is 53.9 Å². The zero-order valence-electron chi connectivity index (χ0n) is 11.7. The molecule has 106 valence electrons. The van der Waals surface area contributed by atoms with Crippen LogP contribution in [0.5, 0.6) is 0 Å². The first-order valence-electron chi connectivity index (χ1n) is 6.71. The smallest absolute Gasteiger partial charge is 0.158 e. The largest absolute Gasteiger partial charge is 0.297 e. The van der Waals surface area contributed by atoms with Crippen LogP contribution in [0.2, 0.25) is 5.02 Å². The Labute approximate surface area is 133 Å². The van der Waals surface area contributed by atoms with E-state index in [1.165, 1.54) is 0 Å². The number of benzene rings is 1. The number of hydrogen-bond acceptors (Lipinski definition) is 2. The van der Waals surface area contributed by atoms with E-state index in [1.54, 1.807) is 6.07 Å². The number of halogens is 2. The molecule has 0 radical (unpaired) electrons. The lowest BCUT2D eigenvalue weighted by atomic mass is 9.61. The van der Waals surface area contributed by atoms with Crippen molar-refractivity contribution < 1.29 is 4.79 Å². The molecular formula is C16H17BrClNO. The number of nitriles is 1. The van der Waals surface area contributed by atoms with E-state index in [2.05, 4.69) is 22.0 Å². The van der Waals surface area contributed by atoms with Crippen molar-refractivity contribution in [2.45, 2.75) is 39.5 Å². The number of Topliss-reactive ketones (excluding diaryl/α,β-unsaturated/α-hetero) is 1. The molecule has 1 aliphatic rings. The minimum Gasteiger partial charge on any atom is -0.297 e. The molecule has 0 bridgehead atoms. The molecule has 1 unspecified atom stereocenters. The molecule has 1 aliphatic carbocycles. The maximum absolute atomic E-state index is 12.7. The van der Waals surface area contributed by atoms with Crippen molar-refractivity contribution in [3.63, 3.8) is 0 Å². The van der Waals surface area contributed by atoms with Crippen LogP contribution in [0, 0.1) is 22.2 Å². The summed E-state index contributed by atoms with van der Waals surface area (Å²) in [5.74, 6) is 0.0535. The molecule has 0 heterocycles. The van der Waals surface area contributed by atoms with E-state index < -0.39 is 10.8 Å². The third-order valence-electron chi connectivity index (χ3n) is 4.18. The Balaban J connectivity index is 2.38. The molecule has 0 aromatic heterocycles. The molecule has 1 aromatic rings. The van der Waals surface area contributed by atoms with Crippen LogP contribution >= 0.6 is 27.5 Å². The molecule has 0 N–H and O–H groups in total. The lowest BCUT2D eigenvalue weighted by Gasteiger charge is -2.39. The maximum atomic E-state index is 12.7. The van der Waals surface area contributed by atoms with Crippen LogP contribution in [0.25, 0.3) is 0 Å². The van der Waals surface area contributed by atoms with Crippen molar-refractivity contribution in [2.24, 2.45) is 10.8 Å². The summed E-state index contributed by atoms with van der Waals surface area (Å²) in [7, 11) is 0. The fourth-order valence-corrected chi connectivity index (χ4v) is 3.75. The Kier molecular flexibility index (Phi) is 4.27. The predicted octanol–water partition coefficient (Wildman–Crippen LogP) is 4.93. The van der Waals surface area contributed by atoms with Crippen molar-refractivity contribution in [3.8, 4) is 6.07 Å². The quantitative estimate of drug-likeness (QED) is 0.755. The fraction of sp³-hybridized carbons (Fsp3) is 0.500. The fourth-order valence-electron chi connectivity index (χ4n) is 3.01. The molecule has 0 amide bonds.